The molecule has 0 saturated carbocycles. The van der Waals surface area contributed by atoms with Crippen molar-refractivity contribution in [3.63, 3.8) is 0 Å². The zero-order chi connectivity index (χ0) is 18.3. The van der Waals surface area contributed by atoms with Crippen LogP contribution in [0.1, 0.15) is 21.6 Å². The zero-order valence-electron chi connectivity index (χ0n) is 13.4. The molecule has 128 valence electrons. The van der Waals surface area contributed by atoms with Crippen LogP contribution in [0.5, 0.6) is 0 Å². The summed E-state index contributed by atoms with van der Waals surface area (Å²) in [5, 5.41) is 6.78. The number of nitrogens with one attached hydrogen (secondary N) is 1. The molecule has 3 N–H and O–H groups in total. The van der Waals surface area contributed by atoms with Crippen molar-refractivity contribution in [3.8, 4) is 5.69 Å². The van der Waals surface area contributed by atoms with Crippen LogP contribution < -0.4 is 11.1 Å². The van der Waals surface area contributed by atoms with Gasteiger partial charge in [0.2, 0.25) is 0 Å². The van der Waals surface area contributed by atoms with Crippen molar-refractivity contribution in [1.82, 2.24) is 15.1 Å². The van der Waals surface area contributed by atoms with Gasteiger partial charge in [0.05, 0.1) is 11.3 Å². The summed E-state index contributed by atoms with van der Waals surface area (Å²) in [6.45, 7) is 0. The van der Waals surface area contributed by atoms with Gasteiger partial charge in [0.1, 0.15) is 17.1 Å². The molecule has 0 unspecified atom stereocenters. The Kier molecular flexibility index (Phi) is 3.93. The average Bonchev–Trinajstić information content (AvgIpc) is 2.99. The predicted molar refractivity (Wildman–Crippen MR) is 102 cm³/mol. The van der Waals surface area contributed by atoms with Gasteiger partial charge in [0, 0.05) is 4.47 Å². The van der Waals surface area contributed by atoms with Crippen LogP contribution in [-0.4, -0.2) is 21.6 Å². The molecule has 0 aliphatic carbocycles. The van der Waals surface area contributed by atoms with E-state index in [9.17, 15) is 9.59 Å². The van der Waals surface area contributed by atoms with Crippen LogP contribution in [0, 0.1) is 0 Å². The molecule has 0 fully saturated rings. The van der Waals surface area contributed by atoms with E-state index in [1.165, 1.54) is 4.68 Å². The Balaban J connectivity index is 1.90. The number of carbonyl (C=O) groups excluding carboxylic acids is 2. The Labute approximate surface area is 157 Å². The molecule has 2 amide bonds. The molecule has 6 nitrogen and oxygen atoms in total. The van der Waals surface area contributed by atoms with Crippen LogP contribution in [0.4, 0.5) is 5.82 Å². The van der Waals surface area contributed by atoms with Crippen molar-refractivity contribution in [2.75, 3.05) is 5.73 Å². The molecule has 7 heteroatoms. The second-order valence-electron chi connectivity index (χ2n) is 5.75. The lowest BCUT2D eigenvalue weighted by Gasteiger charge is -2.13. The highest BCUT2D eigenvalue weighted by Crippen LogP contribution is 2.31. The van der Waals surface area contributed by atoms with Gasteiger partial charge in [0.15, 0.2) is 0 Å². The molecule has 0 radical (unpaired) electrons. The van der Waals surface area contributed by atoms with Crippen LogP contribution >= 0.6 is 15.9 Å². The standard InChI is InChI=1S/C19H13BrN4O2/c20-12-8-6-11(7-9-12)10-14-16-15(19(26)22-18(14)25)17(21)24(23-16)13-4-2-1-3-5-13/h1-10H,21H2,(H,22,25,26)/b14-10+. The van der Waals surface area contributed by atoms with Crippen molar-refractivity contribution in [2.24, 2.45) is 0 Å². The summed E-state index contributed by atoms with van der Waals surface area (Å²) in [6, 6.07) is 16.7. The van der Waals surface area contributed by atoms with E-state index in [2.05, 4.69) is 26.3 Å². The lowest BCUT2D eigenvalue weighted by atomic mass is 10.00. The summed E-state index contributed by atoms with van der Waals surface area (Å²) in [5.74, 6) is -0.848. The van der Waals surface area contributed by atoms with E-state index in [0.29, 0.717) is 11.3 Å². The second kappa shape index (κ2) is 6.27. The summed E-state index contributed by atoms with van der Waals surface area (Å²) >= 11 is 3.38. The van der Waals surface area contributed by atoms with E-state index in [0.717, 1.165) is 10.0 Å². The van der Waals surface area contributed by atoms with Crippen molar-refractivity contribution in [3.05, 3.63) is 75.9 Å². The average molecular weight is 409 g/mol. The van der Waals surface area contributed by atoms with Crippen LogP contribution in [0.3, 0.4) is 0 Å². The molecule has 2 heterocycles. The smallest absolute Gasteiger partial charge is 0.264 e. The first kappa shape index (κ1) is 16.3. The number of nitrogens with zero attached hydrogens (tertiary/aromatic N) is 2. The minimum Gasteiger partial charge on any atom is -0.383 e. The number of rotatable bonds is 2. The van der Waals surface area contributed by atoms with Crippen LogP contribution in [-0.2, 0) is 4.79 Å². The van der Waals surface area contributed by atoms with Gasteiger partial charge < -0.3 is 5.73 Å². The normalized spacial score (nSPS) is 15.0. The molecule has 1 aliphatic heterocycles. The van der Waals surface area contributed by atoms with Gasteiger partial charge in [0.25, 0.3) is 11.8 Å². The molecule has 1 aromatic heterocycles. The Hall–Kier alpha value is -3.19. The summed E-state index contributed by atoms with van der Waals surface area (Å²) in [5.41, 5.74) is 8.47. The maximum absolute atomic E-state index is 12.4. The highest BCUT2D eigenvalue weighted by Gasteiger charge is 2.34. The van der Waals surface area contributed by atoms with Gasteiger partial charge in [-0.2, -0.15) is 5.10 Å². The number of carbonyl (C=O) groups is 2. The molecule has 26 heavy (non-hydrogen) atoms. The van der Waals surface area contributed by atoms with Crippen molar-refractivity contribution in [1.29, 1.82) is 0 Å². The fourth-order valence-corrected chi connectivity index (χ4v) is 3.07. The van der Waals surface area contributed by atoms with E-state index < -0.39 is 11.8 Å². The van der Waals surface area contributed by atoms with E-state index in [-0.39, 0.29) is 17.1 Å². The topological polar surface area (TPSA) is 90.0 Å². The van der Waals surface area contributed by atoms with Gasteiger partial charge >= 0.3 is 0 Å². The number of hydrogen-bond donors (Lipinski definition) is 2. The molecule has 0 spiro atoms. The fourth-order valence-electron chi connectivity index (χ4n) is 2.81. The lowest BCUT2D eigenvalue weighted by molar-refractivity contribution is -0.114. The van der Waals surface area contributed by atoms with Gasteiger partial charge in [-0.1, -0.05) is 46.3 Å². The van der Waals surface area contributed by atoms with E-state index in [1.54, 1.807) is 6.08 Å². The number of para-hydroxylation sites is 1. The first-order chi connectivity index (χ1) is 12.5. The third-order valence-corrected chi connectivity index (χ3v) is 4.59. The van der Waals surface area contributed by atoms with Crippen molar-refractivity contribution in [2.45, 2.75) is 0 Å². The van der Waals surface area contributed by atoms with Gasteiger partial charge in [-0.05, 0) is 35.9 Å². The monoisotopic (exact) mass is 408 g/mol. The van der Waals surface area contributed by atoms with Gasteiger partial charge in [-0.25, -0.2) is 4.68 Å². The largest absolute Gasteiger partial charge is 0.383 e. The van der Waals surface area contributed by atoms with Crippen LogP contribution in [0.15, 0.2) is 59.1 Å². The lowest BCUT2D eigenvalue weighted by Crippen LogP contribution is -2.36. The summed E-state index contributed by atoms with van der Waals surface area (Å²) in [6.07, 6.45) is 1.69. The number of imide groups is 1. The van der Waals surface area contributed by atoms with Crippen LogP contribution in [0.2, 0.25) is 0 Å². The highest BCUT2D eigenvalue weighted by atomic mass is 79.9. The number of fused-ring (bicyclic) bond motifs is 1. The Morgan fingerprint density at radius 3 is 2.38 bits per heavy atom. The zero-order valence-corrected chi connectivity index (χ0v) is 15.0. The Morgan fingerprint density at radius 1 is 1.00 bits per heavy atom. The van der Waals surface area contributed by atoms with E-state index >= 15 is 0 Å². The summed E-state index contributed by atoms with van der Waals surface area (Å²) in [7, 11) is 0. The maximum Gasteiger partial charge on any atom is 0.264 e. The molecule has 0 saturated heterocycles. The number of nitrogens with two attached hydrogens (primary N) is 1. The number of benzene rings is 2. The summed E-state index contributed by atoms with van der Waals surface area (Å²) in [4.78, 5) is 24.7. The number of aromatic nitrogens is 2. The third-order valence-electron chi connectivity index (χ3n) is 4.06. The molecule has 3 aromatic rings. The second-order valence-corrected chi connectivity index (χ2v) is 6.66. The number of hydrogen-bond acceptors (Lipinski definition) is 4. The van der Waals surface area contributed by atoms with Crippen molar-refractivity contribution >= 4 is 45.2 Å². The Bertz CT molecular complexity index is 1050. The minimum absolute atomic E-state index is 0.193. The van der Waals surface area contributed by atoms with E-state index in [4.69, 9.17) is 5.73 Å². The molecule has 2 aromatic carbocycles. The number of anilines is 1. The van der Waals surface area contributed by atoms with Crippen molar-refractivity contribution < 1.29 is 9.59 Å². The SMILES string of the molecule is Nc1c2c(nn1-c1ccccc1)/C(=C\c1ccc(Br)cc1)C(=O)NC2=O. The van der Waals surface area contributed by atoms with Gasteiger partial charge in [-0.3, -0.25) is 14.9 Å². The third kappa shape index (κ3) is 2.72. The first-order valence-electron chi connectivity index (χ1n) is 7.82. The number of amides is 2. The molecular weight excluding hydrogens is 396 g/mol. The highest BCUT2D eigenvalue weighted by molar-refractivity contribution is 9.10. The quantitative estimate of drug-likeness (QED) is 0.503. The predicted octanol–water partition coefficient (Wildman–Crippen LogP) is 3.03. The maximum atomic E-state index is 12.4. The number of halogens is 1. The molecule has 4 rings (SSSR count). The molecular formula is C19H13BrN4O2. The Morgan fingerprint density at radius 2 is 1.69 bits per heavy atom. The van der Waals surface area contributed by atoms with E-state index in [1.807, 2.05) is 54.6 Å². The molecule has 0 atom stereocenters. The van der Waals surface area contributed by atoms with Crippen LogP contribution in [0.25, 0.3) is 17.3 Å². The van der Waals surface area contributed by atoms with Gasteiger partial charge in [-0.15, -0.1) is 0 Å². The molecule has 1 aliphatic rings. The molecule has 0 bridgehead atoms. The first-order valence-corrected chi connectivity index (χ1v) is 8.61. The minimum atomic E-state index is -0.544. The summed E-state index contributed by atoms with van der Waals surface area (Å²) < 4.78 is 2.40. The number of nitrogen functional groups attached to an aromatic ring is 1. The fraction of sp³-hybridized carbons (Fsp3) is 0.